The van der Waals surface area contributed by atoms with Crippen LogP contribution in [-0.2, 0) is 11.2 Å². The molecule has 3 rings (SSSR count). The Morgan fingerprint density at radius 3 is 2.88 bits per heavy atom. The molecule has 0 aliphatic carbocycles. The highest BCUT2D eigenvalue weighted by atomic mass is 16.5. The van der Waals surface area contributed by atoms with Crippen LogP contribution in [0.1, 0.15) is 53.7 Å². The van der Waals surface area contributed by atoms with Crippen LogP contribution in [-0.4, -0.2) is 39.0 Å². The van der Waals surface area contributed by atoms with Crippen molar-refractivity contribution in [3.8, 4) is 0 Å². The molecule has 0 saturated carbocycles. The second-order valence-electron chi connectivity index (χ2n) is 6.74. The molecule has 1 unspecified atom stereocenters. The normalized spacial score (nSPS) is 17.7. The maximum atomic E-state index is 12.6. The average molecular weight is 344 g/mol. The quantitative estimate of drug-likeness (QED) is 0.916. The molecule has 1 atom stereocenters. The molecule has 1 aliphatic heterocycles. The second kappa shape index (κ2) is 7.21. The topological polar surface area (TPSA) is 92.1 Å². The Bertz CT molecular complexity index is 804. The molecule has 1 aliphatic rings. The smallest absolute Gasteiger partial charge is 0.251 e. The predicted octanol–water partition coefficient (Wildman–Crippen LogP) is 2.02. The van der Waals surface area contributed by atoms with Crippen LogP contribution in [0.2, 0.25) is 0 Å². The minimum atomic E-state index is -0.135. The van der Waals surface area contributed by atoms with E-state index in [-0.39, 0.29) is 17.4 Å². The molecule has 7 nitrogen and oxygen atoms in total. The fourth-order valence-corrected chi connectivity index (χ4v) is 3.51. The summed E-state index contributed by atoms with van der Waals surface area (Å²) < 4.78 is 5.15. The second-order valence-corrected chi connectivity index (χ2v) is 6.74. The van der Waals surface area contributed by atoms with Gasteiger partial charge in [0.15, 0.2) is 0 Å². The number of hydrogen-bond donors (Lipinski definition) is 1. The lowest BCUT2D eigenvalue weighted by Gasteiger charge is -2.32. The number of carbonyl (C=O) groups is 1. The SMILES string of the molecule is Cc1nc(C2CCCN(C(=O)CCc3c(C)noc3C)C2)cc(=O)[nH]1. The summed E-state index contributed by atoms with van der Waals surface area (Å²) in [7, 11) is 0. The van der Waals surface area contributed by atoms with Gasteiger partial charge in [0.05, 0.1) is 11.4 Å². The molecular weight excluding hydrogens is 320 g/mol. The molecule has 0 aromatic carbocycles. The predicted molar refractivity (Wildman–Crippen MR) is 92.4 cm³/mol. The summed E-state index contributed by atoms with van der Waals surface area (Å²) in [5.74, 6) is 1.65. The number of piperidine rings is 1. The number of aromatic amines is 1. The summed E-state index contributed by atoms with van der Waals surface area (Å²) in [6.07, 6.45) is 2.96. The van der Waals surface area contributed by atoms with Crippen molar-refractivity contribution < 1.29 is 9.32 Å². The van der Waals surface area contributed by atoms with Crippen LogP contribution in [0.3, 0.4) is 0 Å². The van der Waals surface area contributed by atoms with E-state index in [0.29, 0.717) is 25.2 Å². The highest BCUT2D eigenvalue weighted by Gasteiger charge is 2.26. The Hall–Kier alpha value is -2.44. The highest BCUT2D eigenvalue weighted by molar-refractivity contribution is 5.76. The van der Waals surface area contributed by atoms with E-state index < -0.39 is 0 Å². The van der Waals surface area contributed by atoms with Gasteiger partial charge in [0.2, 0.25) is 5.91 Å². The van der Waals surface area contributed by atoms with Crippen molar-refractivity contribution in [2.45, 2.75) is 52.4 Å². The molecule has 3 heterocycles. The number of carbonyl (C=O) groups excluding carboxylic acids is 1. The first-order valence-electron chi connectivity index (χ1n) is 8.71. The van der Waals surface area contributed by atoms with E-state index in [4.69, 9.17) is 4.52 Å². The summed E-state index contributed by atoms with van der Waals surface area (Å²) in [6.45, 7) is 6.93. The monoisotopic (exact) mass is 344 g/mol. The molecular formula is C18H24N4O3. The Kier molecular flexibility index (Phi) is 5.01. The maximum absolute atomic E-state index is 12.6. The molecule has 0 radical (unpaired) electrons. The third-order valence-electron chi connectivity index (χ3n) is 4.84. The molecule has 2 aromatic heterocycles. The highest BCUT2D eigenvalue weighted by Crippen LogP contribution is 2.25. The lowest BCUT2D eigenvalue weighted by atomic mass is 9.94. The van der Waals surface area contributed by atoms with E-state index in [0.717, 1.165) is 42.1 Å². The van der Waals surface area contributed by atoms with Gasteiger partial charge in [0, 0.05) is 37.1 Å². The van der Waals surface area contributed by atoms with Gasteiger partial charge < -0.3 is 14.4 Å². The lowest BCUT2D eigenvalue weighted by molar-refractivity contribution is -0.132. The number of aromatic nitrogens is 3. The molecule has 25 heavy (non-hydrogen) atoms. The van der Waals surface area contributed by atoms with E-state index in [1.165, 1.54) is 0 Å². The number of aryl methyl sites for hydroxylation is 3. The average Bonchev–Trinajstić information content (AvgIpc) is 2.90. The zero-order valence-electron chi connectivity index (χ0n) is 15.0. The molecule has 1 fully saturated rings. The van der Waals surface area contributed by atoms with Crippen molar-refractivity contribution in [1.82, 2.24) is 20.0 Å². The van der Waals surface area contributed by atoms with Crippen LogP contribution < -0.4 is 5.56 Å². The van der Waals surface area contributed by atoms with Crippen molar-refractivity contribution in [1.29, 1.82) is 0 Å². The summed E-state index contributed by atoms with van der Waals surface area (Å²) in [6, 6.07) is 1.55. The number of H-pyrrole nitrogens is 1. The molecule has 1 N–H and O–H groups in total. The molecule has 0 spiro atoms. The molecule has 7 heteroatoms. The van der Waals surface area contributed by atoms with Gasteiger partial charge in [-0.05, 0) is 40.0 Å². The summed E-state index contributed by atoms with van der Waals surface area (Å²) in [4.78, 5) is 33.3. The Labute approximate surface area is 146 Å². The Morgan fingerprint density at radius 1 is 1.40 bits per heavy atom. The van der Waals surface area contributed by atoms with Gasteiger partial charge in [-0.2, -0.15) is 0 Å². The summed E-state index contributed by atoms with van der Waals surface area (Å²) in [5, 5.41) is 3.93. The minimum Gasteiger partial charge on any atom is -0.361 e. The Balaban J connectivity index is 1.64. The first kappa shape index (κ1) is 17.4. The van der Waals surface area contributed by atoms with Crippen LogP contribution in [0.4, 0.5) is 0 Å². The van der Waals surface area contributed by atoms with Gasteiger partial charge in [-0.25, -0.2) is 4.98 Å². The van der Waals surface area contributed by atoms with Gasteiger partial charge >= 0.3 is 0 Å². The van der Waals surface area contributed by atoms with E-state index in [2.05, 4.69) is 15.1 Å². The lowest BCUT2D eigenvalue weighted by Crippen LogP contribution is -2.39. The first-order valence-corrected chi connectivity index (χ1v) is 8.71. The molecule has 1 amide bonds. The van der Waals surface area contributed by atoms with Crippen LogP contribution in [0.5, 0.6) is 0 Å². The molecule has 0 bridgehead atoms. The van der Waals surface area contributed by atoms with Crippen molar-refractivity contribution in [3.05, 3.63) is 45.0 Å². The van der Waals surface area contributed by atoms with Crippen molar-refractivity contribution in [2.24, 2.45) is 0 Å². The standard InChI is InChI=1S/C18H24N4O3/c1-11-15(12(2)25-21-11)6-7-18(24)22-8-4-5-14(10-22)16-9-17(23)20-13(3)19-16/h9,14H,4-8,10H2,1-3H3,(H,19,20,23). The number of nitrogens with one attached hydrogen (secondary N) is 1. The number of amides is 1. The number of hydrogen-bond acceptors (Lipinski definition) is 5. The third-order valence-corrected chi connectivity index (χ3v) is 4.84. The zero-order chi connectivity index (χ0) is 18.0. The summed E-state index contributed by atoms with van der Waals surface area (Å²) >= 11 is 0. The molecule has 2 aromatic rings. The largest absolute Gasteiger partial charge is 0.361 e. The van der Waals surface area contributed by atoms with Crippen molar-refractivity contribution in [2.75, 3.05) is 13.1 Å². The van der Waals surface area contributed by atoms with Crippen molar-refractivity contribution >= 4 is 5.91 Å². The zero-order valence-corrected chi connectivity index (χ0v) is 15.0. The van der Waals surface area contributed by atoms with Crippen LogP contribution in [0.15, 0.2) is 15.4 Å². The number of likely N-dealkylation sites (tertiary alicyclic amines) is 1. The van der Waals surface area contributed by atoms with E-state index in [1.807, 2.05) is 18.7 Å². The van der Waals surface area contributed by atoms with Gasteiger partial charge in [0.25, 0.3) is 5.56 Å². The van der Waals surface area contributed by atoms with Gasteiger partial charge in [0.1, 0.15) is 11.6 Å². The summed E-state index contributed by atoms with van der Waals surface area (Å²) in [5.41, 5.74) is 2.52. The van der Waals surface area contributed by atoms with Crippen LogP contribution in [0.25, 0.3) is 0 Å². The van der Waals surface area contributed by atoms with E-state index >= 15 is 0 Å². The van der Waals surface area contributed by atoms with E-state index in [1.54, 1.807) is 13.0 Å². The van der Waals surface area contributed by atoms with Crippen LogP contribution >= 0.6 is 0 Å². The van der Waals surface area contributed by atoms with Gasteiger partial charge in [-0.3, -0.25) is 9.59 Å². The number of nitrogens with zero attached hydrogens (tertiary/aromatic N) is 3. The molecule has 134 valence electrons. The molecule has 1 saturated heterocycles. The first-order chi connectivity index (χ1) is 11.9. The minimum absolute atomic E-state index is 0.123. The van der Waals surface area contributed by atoms with Crippen molar-refractivity contribution in [3.63, 3.8) is 0 Å². The fourth-order valence-electron chi connectivity index (χ4n) is 3.51. The maximum Gasteiger partial charge on any atom is 0.251 e. The van der Waals surface area contributed by atoms with Gasteiger partial charge in [-0.1, -0.05) is 5.16 Å². The van der Waals surface area contributed by atoms with Gasteiger partial charge in [-0.15, -0.1) is 0 Å². The fraction of sp³-hybridized carbons (Fsp3) is 0.556. The number of rotatable bonds is 4. The van der Waals surface area contributed by atoms with E-state index in [9.17, 15) is 9.59 Å². The Morgan fingerprint density at radius 2 is 2.20 bits per heavy atom. The van der Waals surface area contributed by atoms with Crippen LogP contribution in [0, 0.1) is 20.8 Å². The third kappa shape index (κ3) is 3.97.